The van der Waals surface area contributed by atoms with E-state index in [0.29, 0.717) is 10.9 Å². The average Bonchev–Trinajstić information content (AvgIpc) is 2.23. The number of fused-ring (bicyclic) bond motifs is 1. The lowest BCUT2D eigenvalue weighted by Crippen LogP contribution is -2.15. The zero-order valence-corrected chi connectivity index (χ0v) is 7.73. The summed E-state index contributed by atoms with van der Waals surface area (Å²) in [6, 6.07) is 6.87. The Hall–Kier alpha value is -1.90. The van der Waals surface area contributed by atoms with Crippen LogP contribution < -0.4 is 5.56 Å². The van der Waals surface area contributed by atoms with Gasteiger partial charge in [0, 0.05) is 24.2 Å². The number of carbonyl (C=O) groups is 1. The van der Waals surface area contributed by atoms with Crippen LogP contribution in [0.1, 0.15) is 10.4 Å². The van der Waals surface area contributed by atoms with E-state index >= 15 is 0 Å². The van der Waals surface area contributed by atoms with E-state index in [1.54, 1.807) is 31.4 Å². The SMILES string of the molecule is Cn1ccc2cc(C=O)ccc2c1=O. The molecule has 3 nitrogen and oxygen atoms in total. The summed E-state index contributed by atoms with van der Waals surface area (Å²) in [5.41, 5.74) is 0.547. The minimum Gasteiger partial charge on any atom is -0.318 e. The van der Waals surface area contributed by atoms with Crippen molar-refractivity contribution in [3.8, 4) is 0 Å². The zero-order chi connectivity index (χ0) is 10.1. The molecule has 0 radical (unpaired) electrons. The van der Waals surface area contributed by atoms with Crippen LogP contribution in [-0.2, 0) is 7.05 Å². The number of benzene rings is 1. The third-order valence-corrected chi connectivity index (χ3v) is 2.24. The number of hydrogen-bond acceptors (Lipinski definition) is 2. The van der Waals surface area contributed by atoms with Crippen molar-refractivity contribution in [3.63, 3.8) is 0 Å². The lowest BCUT2D eigenvalue weighted by Gasteiger charge is -2.00. The smallest absolute Gasteiger partial charge is 0.258 e. The van der Waals surface area contributed by atoms with Crippen LogP contribution in [0, 0.1) is 0 Å². The van der Waals surface area contributed by atoms with E-state index in [2.05, 4.69) is 0 Å². The van der Waals surface area contributed by atoms with E-state index in [4.69, 9.17) is 0 Å². The zero-order valence-electron chi connectivity index (χ0n) is 7.73. The summed E-state index contributed by atoms with van der Waals surface area (Å²) in [5.74, 6) is 0. The fourth-order valence-electron chi connectivity index (χ4n) is 1.44. The molecule has 3 heteroatoms. The van der Waals surface area contributed by atoms with Crippen molar-refractivity contribution < 1.29 is 4.79 Å². The number of pyridine rings is 1. The highest BCUT2D eigenvalue weighted by Crippen LogP contribution is 2.10. The quantitative estimate of drug-likeness (QED) is 0.632. The number of carbonyl (C=O) groups excluding carboxylic acids is 1. The van der Waals surface area contributed by atoms with Crippen molar-refractivity contribution in [2.75, 3.05) is 0 Å². The van der Waals surface area contributed by atoms with Crippen LogP contribution in [0.4, 0.5) is 0 Å². The molecule has 0 bridgehead atoms. The molecule has 0 aliphatic heterocycles. The maximum atomic E-state index is 11.6. The summed E-state index contributed by atoms with van der Waals surface area (Å²) in [6.07, 6.45) is 2.47. The van der Waals surface area contributed by atoms with Gasteiger partial charge < -0.3 is 4.57 Å². The summed E-state index contributed by atoms with van der Waals surface area (Å²) in [4.78, 5) is 22.1. The Labute approximate surface area is 80.6 Å². The van der Waals surface area contributed by atoms with Crippen LogP contribution in [0.2, 0.25) is 0 Å². The molecule has 0 unspecified atom stereocenters. The van der Waals surface area contributed by atoms with E-state index < -0.39 is 0 Å². The molecule has 0 atom stereocenters. The number of aromatic nitrogens is 1. The molecule has 2 rings (SSSR count). The van der Waals surface area contributed by atoms with Gasteiger partial charge in [0.2, 0.25) is 0 Å². The van der Waals surface area contributed by atoms with Crippen molar-refractivity contribution in [1.82, 2.24) is 4.57 Å². The molecule has 0 spiro atoms. The molecule has 0 aliphatic carbocycles. The Kier molecular flexibility index (Phi) is 1.93. The molecule has 70 valence electrons. The van der Waals surface area contributed by atoms with Crippen LogP contribution in [0.15, 0.2) is 35.3 Å². The molecular formula is C11H9NO2. The first-order valence-corrected chi connectivity index (χ1v) is 4.27. The molecule has 1 aromatic heterocycles. The first-order chi connectivity index (χ1) is 6.72. The summed E-state index contributed by atoms with van der Waals surface area (Å²) in [5, 5.41) is 1.44. The van der Waals surface area contributed by atoms with Gasteiger partial charge in [0.05, 0.1) is 0 Å². The highest BCUT2D eigenvalue weighted by Gasteiger charge is 2.00. The Morgan fingerprint density at radius 2 is 2.07 bits per heavy atom. The van der Waals surface area contributed by atoms with Crippen molar-refractivity contribution in [2.24, 2.45) is 7.05 Å². The first kappa shape index (κ1) is 8.69. The molecule has 0 aliphatic rings. The maximum absolute atomic E-state index is 11.6. The highest BCUT2D eigenvalue weighted by atomic mass is 16.1. The summed E-state index contributed by atoms with van der Waals surface area (Å²) >= 11 is 0. The van der Waals surface area contributed by atoms with Gasteiger partial charge >= 0.3 is 0 Å². The lowest BCUT2D eigenvalue weighted by molar-refractivity contribution is 0.112. The van der Waals surface area contributed by atoms with Gasteiger partial charge in [-0.1, -0.05) is 6.07 Å². The lowest BCUT2D eigenvalue weighted by atomic mass is 10.1. The fraction of sp³-hybridized carbons (Fsp3) is 0.0909. The third-order valence-electron chi connectivity index (χ3n) is 2.24. The predicted octanol–water partition coefficient (Wildman–Crippen LogP) is 1.35. The second-order valence-electron chi connectivity index (χ2n) is 3.20. The first-order valence-electron chi connectivity index (χ1n) is 4.27. The van der Waals surface area contributed by atoms with E-state index in [9.17, 15) is 9.59 Å². The van der Waals surface area contributed by atoms with Gasteiger partial charge in [-0.25, -0.2) is 0 Å². The Bertz CT molecular complexity index is 555. The molecule has 1 heterocycles. The molecule has 14 heavy (non-hydrogen) atoms. The second-order valence-corrected chi connectivity index (χ2v) is 3.20. The van der Waals surface area contributed by atoms with Crippen molar-refractivity contribution in [1.29, 1.82) is 0 Å². The van der Waals surface area contributed by atoms with Crippen LogP contribution >= 0.6 is 0 Å². The largest absolute Gasteiger partial charge is 0.318 e. The van der Waals surface area contributed by atoms with Gasteiger partial charge in [-0.2, -0.15) is 0 Å². The third kappa shape index (κ3) is 1.23. The van der Waals surface area contributed by atoms with E-state index in [0.717, 1.165) is 11.7 Å². The monoisotopic (exact) mass is 187 g/mol. The molecule has 0 amide bonds. The van der Waals surface area contributed by atoms with E-state index in [1.165, 1.54) is 4.57 Å². The Balaban J connectivity index is 2.88. The normalized spacial score (nSPS) is 10.4. The molecule has 2 aromatic rings. The van der Waals surface area contributed by atoms with Gasteiger partial charge in [-0.15, -0.1) is 0 Å². The maximum Gasteiger partial charge on any atom is 0.258 e. The summed E-state index contributed by atoms with van der Waals surface area (Å²) in [6.45, 7) is 0. The standard InChI is InChI=1S/C11H9NO2/c1-12-5-4-9-6-8(7-13)2-3-10(9)11(12)14/h2-7H,1H3. The minimum absolute atomic E-state index is 0.0417. The highest BCUT2D eigenvalue weighted by molar-refractivity contribution is 5.88. The van der Waals surface area contributed by atoms with Crippen molar-refractivity contribution in [3.05, 3.63) is 46.4 Å². The molecule has 0 saturated heterocycles. The summed E-state index contributed by atoms with van der Waals surface area (Å²) in [7, 11) is 1.70. The van der Waals surface area contributed by atoms with Gasteiger partial charge in [-0.3, -0.25) is 9.59 Å². The molecular weight excluding hydrogens is 178 g/mol. The Morgan fingerprint density at radius 1 is 1.29 bits per heavy atom. The van der Waals surface area contributed by atoms with Gasteiger partial charge in [0.25, 0.3) is 5.56 Å². The second kappa shape index (κ2) is 3.10. The van der Waals surface area contributed by atoms with E-state index in [-0.39, 0.29) is 5.56 Å². The molecule has 0 fully saturated rings. The number of aryl methyl sites for hydroxylation is 1. The fourth-order valence-corrected chi connectivity index (χ4v) is 1.44. The van der Waals surface area contributed by atoms with Gasteiger partial charge in [-0.05, 0) is 23.6 Å². The predicted molar refractivity (Wildman–Crippen MR) is 54.6 cm³/mol. The molecule has 0 saturated carbocycles. The van der Waals surface area contributed by atoms with E-state index in [1.807, 2.05) is 6.07 Å². The topological polar surface area (TPSA) is 39.1 Å². The molecule has 0 N–H and O–H groups in total. The summed E-state index contributed by atoms with van der Waals surface area (Å²) < 4.78 is 1.52. The van der Waals surface area contributed by atoms with Crippen LogP contribution in [0.5, 0.6) is 0 Å². The Morgan fingerprint density at radius 3 is 2.79 bits per heavy atom. The van der Waals surface area contributed by atoms with Crippen LogP contribution in [0.25, 0.3) is 10.8 Å². The van der Waals surface area contributed by atoms with Crippen molar-refractivity contribution >= 4 is 17.1 Å². The number of hydrogen-bond donors (Lipinski definition) is 0. The van der Waals surface area contributed by atoms with Crippen molar-refractivity contribution in [2.45, 2.75) is 0 Å². The molecule has 1 aromatic carbocycles. The van der Waals surface area contributed by atoms with Crippen LogP contribution in [0.3, 0.4) is 0 Å². The number of rotatable bonds is 1. The van der Waals surface area contributed by atoms with Crippen LogP contribution in [-0.4, -0.2) is 10.9 Å². The number of aldehydes is 1. The number of nitrogens with zero attached hydrogens (tertiary/aromatic N) is 1. The van der Waals surface area contributed by atoms with Gasteiger partial charge in [0.15, 0.2) is 0 Å². The average molecular weight is 187 g/mol. The van der Waals surface area contributed by atoms with Gasteiger partial charge in [0.1, 0.15) is 6.29 Å². The minimum atomic E-state index is -0.0417.